The van der Waals surface area contributed by atoms with Crippen molar-refractivity contribution in [3.8, 4) is 11.5 Å². The number of amides is 1. The fourth-order valence-electron chi connectivity index (χ4n) is 4.14. The number of benzene rings is 2. The van der Waals surface area contributed by atoms with E-state index in [4.69, 9.17) is 32.7 Å². The molecule has 0 saturated carbocycles. The molecule has 8 heteroatoms. The van der Waals surface area contributed by atoms with E-state index in [9.17, 15) is 4.79 Å². The molecule has 6 nitrogen and oxygen atoms in total. The van der Waals surface area contributed by atoms with Crippen molar-refractivity contribution >= 4 is 40.9 Å². The molecule has 4 rings (SSSR count). The number of ether oxygens (including phenoxy) is 2. The molecule has 176 valence electrons. The Hall–Kier alpha value is -2.41. The first-order valence-electron chi connectivity index (χ1n) is 11.3. The summed E-state index contributed by atoms with van der Waals surface area (Å²) in [4.78, 5) is 17.3. The highest BCUT2D eigenvalue weighted by atomic mass is 35.5. The van der Waals surface area contributed by atoms with E-state index in [0.717, 1.165) is 68.3 Å². The van der Waals surface area contributed by atoms with Gasteiger partial charge in [-0.2, -0.15) is 0 Å². The molecule has 0 spiro atoms. The second-order valence-electron chi connectivity index (χ2n) is 8.25. The van der Waals surface area contributed by atoms with E-state index in [1.54, 1.807) is 13.2 Å². The minimum Gasteiger partial charge on any atom is -0.497 e. The standard InChI is InChI=1S/C25H29Cl2N3O3/c1-32-21-5-7-24-18(15-21)14-19(17-33-24)25(31)28-8-2-3-9-29-10-12-30(13-11-29)23-6-4-20(26)16-22(23)27/h4-7,14-16H,2-3,8-13,17H2,1H3,(H,28,31). The first kappa shape index (κ1) is 23.7. The van der Waals surface area contributed by atoms with Crippen LogP contribution in [-0.2, 0) is 4.79 Å². The zero-order valence-electron chi connectivity index (χ0n) is 18.8. The molecule has 2 aliphatic rings. The van der Waals surface area contributed by atoms with Gasteiger partial charge in [0, 0.05) is 43.3 Å². The van der Waals surface area contributed by atoms with Crippen LogP contribution in [0.5, 0.6) is 11.5 Å². The van der Waals surface area contributed by atoms with Gasteiger partial charge in [0.2, 0.25) is 0 Å². The Bertz CT molecular complexity index is 1020. The maximum Gasteiger partial charge on any atom is 0.250 e. The van der Waals surface area contributed by atoms with Gasteiger partial charge in [-0.15, -0.1) is 0 Å². The Morgan fingerprint density at radius 2 is 1.91 bits per heavy atom. The topological polar surface area (TPSA) is 54.0 Å². The van der Waals surface area contributed by atoms with Crippen LogP contribution in [0.2, 0.25) is 10.0 Å². The van der Waals surface area contributed by atoms with E-state index in [2.05, 4.69) is 15.1 Å². The average Bonchev–Trinajstić information content (AvgIpc) is 2.83. The smallest absolute Gasteiger partial charge is 0.250 e. The van der Waals surface area contributed by atoms with Crippen LogP contribution in [0.1, 0.15) is 18.4 Å². The van der Waals surface area contributed by atoms with Crippen molar-refractivity contribution in [2.45, 2.75) is 12.8 Å². The van der Waals surface area contributed by atoms with Gasteiger partial charge in [0.05, 0.1) is 23.4 Å². The Balaban J connectivity index is 1.15. The van der Waals surface area contributed by atoms with Crippen LogP contribution in [0, 0.1) is 0 Å². The first-order valence-corrected chi connectivity index (χ1v) is 12.0. The fourth-order valence-corrected chi connectivity index (χ4v) is 4.67. The van der Waals surface area contributed by atoms with Crippen molar-refractivity contribution in [2.24, 2.45) is 0 Å². The normalized spacial score (nSPS) is 16.0. The van der Waals surface area contributed by atoms with Crippen molar-refractivity contribution in [3.63, 3.8) is 0 Å². The molecule has 0 aromatic heterocycles. The van der Waals surface area contributed by atoms with Gasteiger partial charge in [0.15, 0.2) is 0 Å². The predicted octanol–water partition coefficient (Wildman–Crippen LogP) is 4.50. The monoisotopic (exact) mass is 489 g/mol. The number of rotatable bonds is 8. The van der Waals surface area contributed by atoms with Crippen LogP contribution < -0.4 is 19.7 Å². The highest BCUT2D eigenvalue weighted by Crippen LogP contribution is 2.30. The summed E-state index contributed by atoms with van der Waals surface area (Å²) in [5, 5.41) is 4.38. The largest absolute Gasteiger partial charge is 0.497 e. The molecule has 2 aromatic rings. The summed E-state index contributed by atoms with van der Waals surface area (Å²) in [6, 6.07) is 11.3. The van der Waals surface area contributed by atoms with Gasteiger partial charge in [-0.25, -0.2) is 0 Å². The third kappa shape index (κ3) is 6.14. The Kier molecular flexibility index (Phi) is 8.02. The molecule has 1 amide bonds. The lowest BCUT2D eigenvalue weighted by molar-refractivity contribution is -0.117. The van der Waals surface area contributed by atoms with Gasteiger partial charge < -0.3 is 19.7 Å². The van der Waals surface area contributed by atoms with Crippen LogP contribution >= 0.6 is 23.2 Å². The molecule has 1 N–H and O–H groups in total. The van der Waals surface area contributed by atoms with Gasteiger partial charge >= 0.3 is 0 Å². The Morgan fingerprint density at radius 3 is 2.67 bits per heavy atom. The zero-order chi connectivity index (χ0) is 23.2. The fraction of sp³-hybridized carbons (Fsp3) is 0.400. The molecular weight excluding hydrogens is 461 g/mol. The third-order valence-corrected chi connectivity index (χ3v) is 6.57. The quantitative estimate of drug-likeness (QED) is 0.553. The van der Waals surface area contributed by atoms with E-state index in [0.29, 0.717) is 22.2 Å². The molecule has 2 heterocycles. The summed E-state index contributed by atoms with van der Waals surface area (Å²) < 4.78 is 11.0. The van der Waals surface area contributed by atoms with Crippen LogP contribution in [0.15, 0.2) is 42.0 Å². The summed E-state index contributed by atoms with van der Waals surface area (Å²) >= 11 is 12.4. The number of carbonyl (C=O) groups is 1. The molecular formula is C25H29Cl2N3O3. The first-order chi connectivity index (χ1) is 16.0. The van der Waals surface area contributed by atoms with Gasteiger partial charge in [0.1, 0.15) is 18.1 Å². The third-order valence-electron chi connectivity index (χ3n) is 6.03. The van der Waals surface area contributed by atoms with Crippen molar-refractivity contribution < 1.29 is 14.3 Å². The Labute approximate surface area is 205 Å². The number of unbranched alkanes of at least 4 members (excludes halogenated alkanes) is 1. The number of nitrogens with one attached hydrogen (secondary N) is 1. The number of anilines is 1. The maximum atomic E-state index is 12.5. The molecule has 2 aromatic carbocycles. The minimum atomic E-state index is -0.0723. The van der Waals surface area contributed by atoms with Crippen molar-refractivity contribution in [1.82, 2.24) is 10.2 Å². The highest BCUT2D eigenvalue weighted by Gasteiger charge is 2.19. The van der Waals surface area contributed by atoms with E-state index >= 15 is 0 Å². The lowest BCUT2D eigenvalue weighted by Crippen LogP contribution is -2.46. The molecule has 0 radical (unpaired) electrons. The SMILES string of the molecule is COc1ccc2c(c1)C=C(C(=O)NCCCCN1CCN(c3ccc(Cl)cc3Cl)CC1)CO2. The minimum absolute atomic E-state index is 0.0723. The molecule has 0 atom stereocenters. The number of nitrogens with zero attached hydrogens (tertiary/aromatic N) is 2. The molecule has 2 aliphatic heterocycles. The zero-order valence-corrected chi connectivity index (χ0v) is 20.3. The lowest BCUT2D eigenvalue weighted by atomic mass is 10.1. The number of halogens is 2. The summed E-state index contributed by atoms with van der Waals surface area (Å²) in [6.45, 7) is 5.85. The molecule has 0 bridgehead atoms. The van der Waals surface area contributed by atoms with Crippen LogP contribution in [0.4, 0.5) is 5.69 Å². The van der Waals surface area contributed by atoms with Gasteiger partial charge in [-0.3, -0.25) is 9.69 Å². The number of carbonyl (C=O) groups excluding carboxylic acids is 1. The highest BCUT2D eigenvalue weighted by molar-refractivity contribution is 6.36. The van der Waals surface area contributed by atoms with Crippen LogP contribution in [0.3, 0.4) is 0 Å². The number of fused-ring (bicyclic) bond motifs is 1. The van der Waals surface area contributed by atoms with Crippen molar-refractivity contribution in [1.29, 1.82) is 0 Å². The number of methoxy groups -OCH3 is 1. The molecule has 0 aliphatic carbocycles. The van der Waals surface area contributed by atoms with E-state index in [-0.39, 0.29) is 12.5 Å². The summed E-state index contributed by atoms with van der Waals surface area (Å²) in [5.41, 5.74) is 2.54. The molecule has 1 saturated heterocycles. The second-order valence-corrected chi connectivity index (χ2v) is 9.09. The maximum absolute atomic E-state index is 12.5. The molecule has 33 heavy (non-hydrogen) atoms. The molecule has 1 fully saturated rings. The van der Waals surface area contributed by atoms with Crippen molar-refractivity contribution in [2.75, 3.05) is 57.9 Å². The van der Waals surface area contributed by atoms with E-state index in [1.165, 1.54) is 0 Å². The average molecular weight is 490 g/mol. The second kappa shape index (κ2) is 11.1. The number of piperazine rings is 1. The number of hydrogen-bond acceptors (Lipinski definition) is 5. The van der Waals surface area contributed by atoms with E-state index in [1.807, 2.05) is 36.4 Å². The summed E-state index contributed by atoms with van der Waals surface area (Å²) in [6.07, 6.45) is 3.86. The van der Waals surface area contributed by atoms with Gasteiger partial charge in [0.25, 0.3) is 5.91 Å². The van der Waals surface area contributed by atoms with Crippen LogP contribution in [-0.4, -0.2) is 63.8 Å². The Morgan fingerprint density at radius 1 is 1.09 bits per heavy atom. The summed E-state index contributed by atoms with van der Waals surface area (Å²) in [5.74, 6) is 1.44. The molecule has 0 unspecified atom stereocenters. The van der Waals surface area contributed by atoms with Gasteiger partial charge in [-0.1, -0.05) is 23.2 Å². The summed E-state index contributed by atoms with van der Waals surface area (Å²) in [7, 11) is 1.62. The van der Waals surface area contributed by atoms with E-state index < -0.39 is 0 Å². The predicted molar refractivity (Wildman–Crippen MR) is 134 cm³/mol. The lowest BCUT2D eigenvalue weighted by Gasteiger charge is -2.36. The van der Waals surface area contributed by atoms with Gasteiger partial charge in [-0.05, 0) is 61.9 Å². The van der Waals surface area contributed by atoms with Crippen molar-refractivity contribution in [3.05, 3.63) is 57.6 Å². The van der Waals surface area contributed by atoms with Crippen LogP contribution in [0.25, 0.3) is 6.08 Å². The number of hydrogen-bond donors (Lipinski definition) is 1.